The van der Waals surface area contributed by atoms with E-state index in [1.807, 2.05) is 0 Å². The number of rotatable bonds is 8. The van der Waals surface area contributed by atoms with Gasteiger partial charge in [0.1, 0.15) is 0 Å². The van der Waals surface area contributed by atoms with Crippen molar-refractivity contribution in [2.24, 2.45) is 11.8 Å². The van der Waals surface area contributed by atoms with Gasteiger partial charge in [-0.05, 0) is 0 Å². The van der Waals surface area contributed by atoms with Crippen LogP contribution in [0.5, 0.6) is 0 Å². The van der Waals surface area contributed by atoms with Gasteiger partial charge in [-0.25, -0.2) is 0 Å². The van der Waals surface area contributed by atoms with Gasteiger partial charge in [0.05, 0.1) is 0 Å². The Morgan fingerprint density at radius 2 is 1.15 bits per heavy atom. The Hall–Kier alpha value is -2.31. The first kappa shape index (κ1) is 41.3. The summed E-state index contributed by atoms with van der Waals surface area (Å²) in [6.45, 7) is 14.6. The third kappa shape index (κ3) is 7.34. The van der Waals surface area contributed by atoms with E-state index in [9.17, 15) is 0 Å². The summed E-state index contributed by atoms with van der Waals surface area (Å²) in [7, 11) is 0. The van der Waals surface area contributed by atoms with Crippen molar-refractivity contribution in [2.45, 2.75) is 125 Å². The Bertz CT molecular complexity index is 2090. The van der Waals surface area contributed by atoms with E-state index in [1.165, 1.54) is 104 Å². The molecule has 4 aliphatic carbocycles. The number of allylic oxidation sites excluding steroid dienone is 4. The molecular weight excluding hydrogens is 775 g/mol. The van der Waals surface area contributed by atoms with Gasteiger partial charge in [-0.15, -0.1) is 24.8 Å². The minimum absolute atomic E-state index is 0. The van der Waals surface area contributed by atoms with Crippen molar-refractivity contribution < 1.29 is 18.3 Å². The summed E-state index contributed by atoms with van der Waals surface area (Å²) in [6.07, 6.45) is 20.8. The van der Waals surface area contributed by atoms with Gasteiger partial charge in [0.2, 0.25) is 0 Å². The van der Waals surface area contributed by atoms with Crippen LogP contribution in [0.2, 0.25) is 8.26 Å². The molecule has 286 valence electrons. The monoisotopic (exact) mass is 836 g/mol. The molecule has 0 spiro atoms. The Morgan fingerprint density at radius 1 is 0.630 bits per heavy atom. The summed E-state index contributed by atoms with van der Waals surface area (Å²) in [5, 5.41) is 0. The fourth-order valence-corrected chi connectivity index (χ4v) is 31.6. The van der Waals surface area contributed by atoms with E-state index in [2.05, 4.69) is 139 Å². The topological polar surface area (TPSA) is 0 Å². The van der Waals surface area contributed by atoms with Crippen LogP contribution in [0.15, 0.2) is 100 Å². The van der Waals surface area contributed by atoms with Crippen molar-refractivity contribution in [1.29, 1.82) is 0 Å². The maximum absolute atomic E-state index is 6.05. The van der Waals surface area contributed by atoms with Gasteiger partial charge in [-0.3, -0.25) is 0 Å². The molecule has 4 aromatic rings. The fourth-order valence-electron chi connectivity index (χ4n) is 11.5. The molecule has 0 aromatic heterocycles. The first-order chi connectivity index (χ1) is 24.8. The van der Waals surface area contributed by atoms with E-state index >= 15 is 0 Å². The van der Waals surface area contributed by atoms with E-state index in [4.69, 9.17) is 4.21 Å². The Kier molecular flexibility index (Phi) is 11.9. The maximum atomic E-state index is 6.05. The number of fused-ring (bicyclic) bond motifs is 3. The Labute approximate surface area is 340 Å². The minimum atomic E-state index is -4.39. The van der Waals surface area contributed by atoms with Crippen molar-refractivity contribution in [3.8, 4) is 33.4 Å². The SMILES string of the molecule is Cl.Cl.[CH2]=[Zr]([CH2]C1CCCC1)([CH2]C1CCCC1)([C]1=CC=CC1)[c]1c2c(cc(C(C)(C)C)c1-c1ccccc1)-c1cc(C(C)(C)C)c(-c3ccccc3)cc1C2. The van der Waals surface area contributed by atoms with E-state index < -0.39 is 18.3 Å². The third-order valence-electron chi connectivity index (χ3n) is 13.9. The van der Waals surface area contributed by atoms with Crippen LogP contribution in [-0.4, -0.2) is 4.21 Å². The van der Waals surface area contributed by atoms with Gasteiger partial charge in [-0.1, -0.05) is 0 Å². The normalized spacial score (nSPS) is 17.6. The molecule has 0 unspecified atom stereocenters. The van der Waals surface area contributed by atoms with E-state index in [-0.39, 0.29) is 35.6 Å². The van der Waals surface area contributed by atoms with E-state index in [0.717, 1.165) is 24.7 Å². The predicted octanol–water partition coefficient (Wildman–Crippen LogP) is 14.8. The average molecular weight is 839 g/mol. The summed E-state index contributed by atoms with van der Waals surface area (Å²) in [4.78, 5) is 0. The summed E-state index contributed by atoms with van der Waals surface area (Å²) >= 11 is -4.39. The van der Waals surface area contributed by atoms with Crippen molar-refractivity contribution in [1.82, 2.24) is 0 Å². The summed E-state index contributed by atoms with van der Waals surface area (Å²) in [5.41, 5.74) is 14.9. The van der Waals surface area contributed by atoms with Gasteiger partial charge in [0, 0.05) is 0 Å². The second-order valence-electron chi connectivity index (χ2n) is 19.6. The van der Waals surface area contributed by atoms with Gasteiger partial charge in [0.15, 0.2) is 0 Å². The summed E-state index contributed by atoms with van der Waals surface area (Å²) in [6, 6.07) is 30.7. The molecule has 2 saturated carbocycles. The fraction of sp³-hybridized carbons (Fsp3) is 0.431. The van der Waals surface area contributed by atoms with Crippen LogP contribution in [0.3, 0.4) is 0 Å². The molecule has 0 radical (unpaired) electrons. The molecule has 0 heterocycles. The van der Waals surface area contributed by atoms with Gasteiger partial charge in [-0.2, -0.15) is 0 Å². The van der Waals surface area contributed by atoms with Crippen LogP contribution in [0.25, 0.3) is 33.4 Å². The van der Waals surface area contributed by atoms with Crippen LogP contribution >= 0.6 is 24.8 Å². The molecule has 3 heteroatoms. The van der Waals surface area contributed by atoms with Crippen molar-refractivity contribution in [3.63, 3.8) is 0 Å². The number of halogens is 2. The van der Waals surface area contributed by atoms with Gasteiger partial charge < -0.3 is 0 Å². The molecular formula is C51H64Cl2Zr. The van der Waals surface area contributed by atoms with E-state index in [0.29, 0.717) is 0 Å². The molecule has 2 fully saturated rings. The van der Waals surface area contributed by atoms with Gasteiger partial charge in [0.25, 0.3) is 0 Å². The quantitative estimate of drug-likeness (QED) is 0.146. The van der Waals surface area contributed by atoms with Crippen molar-refractivity contribution in [3.05, 3.63) is 123 Å². The van der Waals surface area contributed by atoms with Gasteiger partial charge >= 0.3 is 318 Å². The molecule has 8 rings (SSSR count). The average Bonchev–Trinajstić information content (AvgIpc) is 3.96. The van der Waals surface area contributed by atoms with E-state index in [1.54, 1.807) is 17.7 Å². The molecule has 0 bridgehead atoms. The zero-order chi connectivity index (χ0) is 36.3. The molecule has 4 aromatic carbocycles. The zero-order valence-electron chi connectivity index (χ0n) is 33.9. The molecule has 54 heavy (non-hydrogen) atoms. The summed E-state index contributed by atoms with van der Waals surface area (Å²) in [5.74, 6) is 1.59. The first-order valence-electron chi connectivity index (χ1n) is 20.7. The summed E-state index contributed by atoms with van der Waals surface area (Å²) < 4.78 is 12.4. The molecule has 4 aliphatic rings. The van der Waals surface area contributed by atoms with Crippen molar-refractivity contribution in [2.75, 3.05) is 0 Å². The standard InChI is InChI=1S/C33H33.2C6H11.C5H5.CH2.2ClH.Zr/c1-32(2,3)30-20-26-24(18-28(30)22-13-9-7-10-14-22)17-25-19-29(23-15-11-8-12-16-23)31(21-27(25)26)33(4,5)6;2*1-6-4-2-3-5-6;1-2-4-5-3-1;;;;/h7-16,18,20-21H,17H2,1-6H3;2*6H,1-5H2;1-3H,4H2;1H2;2*1H;. The molecule has 0 saturated heterocycles. The van der Waals surface area contributed by atoms with Crippen LogP contribution in [0.4, 0.5) is 0 Å². The predicted molar refractivity (Wildman–Crippen MR) is 240 cm³/mol. The number of hydrogen-bond acceptors (Lipinski definition) is 0. The molecule has 0 nitrogen and oxygen atoms in total. The second kappa shape index (κ2) is 15.6. The number of hydrogen-bond donors (Lipinski definition) is 0. The Balaban J connectivity index is 0.00000249. The van der Waals surface area contributed by atoms with Crippen LogP contribution in [0.1, 0.15) is 122 Å². The zero-order valence-corrected chi connectivity index (χ0v) is 38.0. The first-order valence-corrected chi connectivity index (χ1v) is 28.4. The molecule has 0 amide bonds. The van der Waals surface area contributed by atoms with Crippen LogP contribution in [-0.2, 0) is 35.5 Å². The number of benzene rings is 4. The molecule has 0 aliphatic heterocycles. The molecule has 0 atom stereocenters. The second-order valence-corrected chi connectivity index (χ2v) is 34.0. The molecule has 0 N–H and O–H groups in total. The Morgan fingerprint density at radius 3 is 1.65 bits per heavy atom. The van der Waals surface area contributed by atoms with Crippen molar-refractivity contribution >= 4 is 32.3 Å². The van der Waals surface area contributed by atoms with Crippen LogP contribution < -0.4 is 3.27 Å². The third-order valence-corrected chi connectivity index (χ3v) is 31.2. The van der Waals surface area contributed by atoms with Crippen LogP contribution in [0, 0.1) is 11.8 Å².